The molecular formula is C18H26FN3O2. The lowest BCUT2D eigenvalue weighted by atomic mass is 9.98. The predicted octanol–water partition coefficient (Wildman–Crippen LogP) is 2.22. The molecule has 0 aliphatic carbocycles. The Balaban J connectivity index is 1.84. The fraction of sp³-hybridized carbons (Fsp3) is 0.556. The summed E-state index contributed by atoms with van der Waals surface area (Å²) in [6.45, 7) is 4.47. The molecule has 0 bridgehead atoms. The molecule has 1 aliphatic heterocycles. The number of hydrogen-bond acceptors (Lipinski definition) is 3. The first-order chi connectivity index (χ1) is 11.6. The summed E-state index contributed by atoms with van der Waals surface area (Å²) in [5, 5.41) is 3.32. The molecule has 2 rings (SSSR count). The smallest absolute Gasteiger partial charge is 0.310 e. The molecule has 1 saturated heterocycles. The molecule has 0 aromatic heterocycles. The Bertz CT molecular complexity index is 560. The van der Waals surface area contributed by atoms with Gasteiger partial charge in [-0.25, -0.2) is 4.39 Å². The molecule has 1 fully saturated rings. The molecular weight excluding hydrogens is 309 g/mol. The molecule has 132 valence electrons. The number of ether oxygens (including phenoxy) is 1. The summed E-state index contributed by atoms with van der Waals surface area (Å²) in [6.07, 6.45) is 2.60. The summed E-state index contributed by atoms with van der Waals surface area (Å²) in [5.41, 5.74) is 1.07. The SMILES string of the molecule is CCOC(=O)C1CCCN(C(=NC)NCCc2ccc(F)cc2)C1. The van der Waals surface area contributed by atoms with Crippen LogP contribution in [0.1, 0.15) is 25.3 Å². The van der Waals surface area contributed by atoms with Crippen molar-refractivity contribution in [2.45, 2.75) is 26.2 Å². The average molecular weight is 335 g/mol. The number of benzene rings is 1. The van der Waals surface area contributed by atoms with Crippen molar-refractivity contribution in [3.05, 3.63) is 35.6 Å². The number of hydrogen-bond donors (Lipinski definition) is 1. The molecule has 1 aromatic carbocycles. The van der Waals surface area contributed by atoms with Gasteiger partial charge in [0, 0.05) is 26.7 Å². The Labute approximate surface area is 142 Å². The fourth-order valence-electron chi connectivity index (χ4n) is 2.92. The highest BCUT2D eigenvalue weighted by Crippen LogP contribution is 2.18. The monoisotopic (exact) mass is 335 g/mol. The highest BCUT2D eigenvalue weighted by Gasteiger charge is 2.28. The lowest BCUT2D eigenvalue weighted by Crippen LogP contribution is -2.48. The van der Waals surface area contributed by atoms with Crippen LogP contribution in [0.15, 0.2) is 29.3 Å². The van der Waals surface area contributed by atoms with E-state index < -0.39 is 0 Å². The van der Waals surface area contributed by atoms with E-state index in [2.05, 4.69) is 15.2 Å². The van der Waals surface area contributed by atoms with E-state index in [9.17, 15) is 9.18 Å². The maximum absolute atomic E-state index is 12.9. The topological polar surface area (TPSA) is 53.9 Å². The fourth-order valence-corrected chi connectivity index (χ4v) is 2.92. The van der Waals surface area contributed by atoms with Gasteiger partial charge in [-0.2, -0.15) is 0 Å². The Morgan fingerprint density at radius 1 is 1.42 bits per heavy atom. The summed E-state index contributed by atoms with van der Waals surface area (Å²) in [6, 6.07) is 6.52. The average Bonchev–Trinajstić information content (AvgIpc) is 2.60. The number of rotatable bonds is 5. The third-order valence-electron chi connectivity index (χ3n) is 4.16. The zero-order valence-corrected chi connectivity index (χ0v) is 14.4. The highest BCUT2D eigenvalue weighted by atomic mass is 19.1. The lowest BCUT2D eigenvalue weighted by Gasteiger charge is -2.34. The van der Waals surface area contributed by atoms with Crippen LogP contribution >= 0.6 is 0 Å². The lowest BCUT2D eigenvalue weighted by molar-refractivity contribution is -0.149. The molecule has 5 nitrogen and oxygen atoms in total. The van der Waals surface area contributed by atoms with Gasteiger partial charge >= 0.3 is 5.97 Å². The van der Waals surface area contributed by atoms with Crippen molar-refractivity contribution in [2.24, 2.45) is 10.9 Å². The predicted molar refractivity (Wildman–Crippen MR) is 92.4 cm³/mol. The van der Waals surface area contributed by atoms with Gasteiger partial charge in [0.25, 0.3) is 0 Å². The minimum Gasteiger partial charge on any atom is -0.466 e. The molecule has 0 saturated carbocycles. The summed E-state index contributed by atoms with van der Waals surface area (Å²) in [5.74, 6) is 0.366. The second-order valence-electron chi connectivity index (χ2n) is 5.89. The molecule has 0 spiro atoms. The van der Waals surface area contributed by atoms with E-state index in [1.54, 1.807) is 19.2 Å². The van der Waals surface area contributed by atoms with Crippen LogP contribution in [0.4, 0.5) is 4.39 Å². The molecule has 24 heavy (non-hydrogen) atoms. The minimum absolute atomic E-state index is 0.0886. The van der Waals surface area contributed by atoms with E-state index in [0.717, 1.165) is 37.3 Å². The van der Waals surface area contributed by atoms with Crippen LogP contribution in [0.2, 0.25) is 0 Å². The van der Waals surface area contributed by atoms with E-state index in [-0.39, 0.29) is 17.7 Å². The van der Waals surface area contributed by atoms with Crippen LogP contribution in [0.5, 0.6) is 0 Å². The first-order valence-corrected chi connectivity index (χ1v) is 8.50. The maximum atomic E-state index is 12.9. The van der Waals surface area contributed by atoms with Gasteiger partial charge in [0.2, 0.25) is 0 Å². The normalized spacial score (nSPS) is 18.4. The molecule has 0 radical (unpaired) electrons. The molecule has 1 N–H and O–H groups in total. The summed E-state index contributed by atoms with van der Waals surface area (Å²) in [4.78, 5) is 18.4. The van der Waals surface area contributed by atoms with Crippen LogP contribution < -0.4 is 5.32 Å². The second kappa shape index (κ2) is 9.25. The number of nitrogens with one attached hydrogen (secondary N) is 1. The Hall–Kier alpha value is -2.11. The van der Waals surface area contributed by atoms with E-state index in [0.29, 0.717) is 19.7 Å². The van der Waals surface area contributed by atoms with Crippen molar-refractivity contribution in [1.29, 1.82) is 0 Å². The van der Waals surface area contributed by atoms with Crippen LogP contribution in [0.3, 0.4) is 0 Å². The first-order valence-electron chi connectivity index (χ1n) is 8.50. The highest BCUT2D eigenvalue weighted by molar-refractivity contribution is 5.81. The van der Waals surface area contributed by atoms with Crippen molar-refractivity contribution < 1.29 is 13.9 Å². The van der Waals surface area contributed by atoms with E-state index in [4.69, 9.17) is 4.74 Å². The van der Waals surface area contributed by atoms with E-state index in [1.165, 1.54) is 12.1 Å². The quantitative estimate of drug-likeness (QED) is 0.509. The number of carbonyl (C=O) groups is 1. The van der Waals surface area contributed by atoms with Gasteiger partial charge in [0.15, 0.2) is 5.96 Å². The Morgan fingerprint density at radius 3 is 2.83 bits per heavy atom. The molecule has 6 heteroatoms. The maximum Gasteiger partial charge on any atom is 0.310 e. The summed E-state index contributed by atoms with van der Waals surface area (Å²) < 4.78 is 18.0. The van der Waals surface area contributed by atoms with Gasteiger partial charge in [-0.1, -0.05) is 12.1 Å². The third-order valence-corrected chi connectivity index (χ3v) is 4.16. The van der Waals surface area contributed by atoms with Gasteiger partial charge in [0.05, 0.1) is 12.5 Å². The zero-order chi connectivity index (χ0) is 17.4. The number of carbonyl (C=O) groups excluding carboxylic acids is 1. The van der Waals surface area contributed by atoms with Crippen molar-refractivity contribution >= 4 is 11.9 Å². The number of esters is 1. The van der Waals surface area contributed by atoms with Crippen molar-refractivity contribution in [3.63, 3.8) is 0 Å². The molecule has 1 aromatic rings. The largest absolute Gasteiger partial charge is 0.466 e. The van der Waals surface area contributed by atoms with Crippen molar-refractivity contribution in [3.8, 4) is 0 Å². The number of guanidine groups is 1. The van der Waals surface area contributed by atoms with Gasteiger partial charge in [-0.3, -0.25) is 9.79 Å². The second-order valence-corrected chi connectivity index (χ2v) is 5.89. The van der Waals surface area contributed by atoms with Crippen molar-refractivity contribution in [1.82, 2.24) is 10.2 Å². The number of aliphatic imine (C=N–C) groups is 1. The van der Waals surface area contributed by atoms with Crippen molar-refractivity contribution in [2.75, 3.05) is 33.3 Å². The standard InChI is InChI=1S/C18H26FN3O2/c1-3-24-17(23)15-5-4-12-22(13-15)18(20-2)21-11-10-14-6-8-16(19)9-7-14/h6-9,15H,3-5,10-13H2,1-2H3,(H,20,21). The summed E-state index contributed by atoms with van der Waals surface area (Å²) >= 11 is 0. The van der Waals surface area contributed by atoms with Crippen LogP contribution in [-0.2, 0) is 16.0 Å². The van der Waals surface area contributed by atoms with Crippen LogP contribution in [-0.4, -0.2) is 50.1 Å². The molecule has 0 amide bonds. The molecule has 1 heterocycles. The molecule has 1 atom stereocenters. The van der Waals surface area contributed by atoms with Gasteiger partial charge in [0.1, 0.15) is 5.82 Å². The third kappa shape index (κ3) is 5.22. The van der Waals surface area contributed by atoms with Gasteiger partial charge in [-0.05, 0) is 43.9 Å². The zero-order valence-electron chi connectivity index (χ0n) is 14.4. The van der Waals surface area contributed by atoms with E-state index in [1.807, 2.05) is 6.92 Å². The van der Waals surface area contributed by atoms with Gasteiger partial charge in [-0.15, -0.1) is 0 Å². The molecule has 1 aliphatic rings. The first kappa shape index (κ1) is 18.2. The molecule has 1 unspecified atom stereocenters. The minimum atomic E-state index is -0.221. The number of halogens is 1. The van der Waals surface area contributed by atoms with Crippen LogP contribution in [0.25, 0.3) is 0 Å². The van der Waals surface area contributed by atoms with Crippen LogP contribution in [0, 0.1) is 11.7 Å². The number of piperidine rings is 1. The Morgan fingerprint density at radius 2 is 2.17 bits per heavy atom. The summed E-state index contributed by atoms with van der Waals surface area (Å²) in [7, 11) is 1.74. The number of nitrogens with zero attached hydrogens (tertiary/aromatic N) is 2. The van der Waals surface area contributed by atoms with Gasteiger partial charge < -0.3 is 15.0 Å². The van der Waals surface area contributed by atoms with E-state index >= 15 is 0 Å². The number of likely N-dealkylation sites (tertiary alicyclic amines) is 1. The Kier molecular flexibility index (Phi) is 7.03.